The van der Waals surface area contributed by atoms with Crippen LogP contribution in [0.1, 0.15) is 38.1 Å². The Kier molecular flexibility index (Phi) is 5.96. The topological polar surface area (TPSA) is 102 Å². The van der Waals surface area contributed by atoms with Crippen molar-refractivity contribution in [1.82, 2.24) is 0 Å². The quantitative estimate of drug-likeness (QED) is 0.793. The number of nitrogens with two attached hydrogens (primary N) is 1. The van der Waals surface area contributed by atoms with Crippen LogP contribution < -0.4 is 5.73 Å². The summed E-state index contributed by atoms with van der Waals surface area (Å²) in [4.78, 5) is 24.1. The molecule has 2 N–H and O–H groups in total. The summed E-state index contributed by atoms with van der Waals surface area (Å²) >= 11 is 6.49. The molecule has 130 valence electrons. The summed E-state index contributed by atoms with van der Waals surface area (Å²) in [5.41, 5.74) is 5.56. The average Bonchev–Trinajstić information content (AvgIpc) is 2.88. The fourth-order valence-corrected chi connectivity index (χ4v) is 3.05. The molecule has 0 fully saturated rings. The highest BCUT2D eigenvalue weighted by molar-refractivity contribution is 7.18. The molecule has 0 saturated heterocycles. The van der Waals surface area contributed by atoms with E-state index >= 15 is 0 Å². The van der Waals surface area contributed by atoms with E-state index in [4.69, 9.17) is 26.8 Å². The van der Waals surface area contributed by atoms with Crippen LogP contribution in [0.4, 0.5) is 9.39 Å². The number of benzene rings is 1. The number of ether oxygens (including phenoxy) is 2. The van der Waals surface area contributed by atoms with Gasteiger partial charge in [-0.3, -0.25) is 0 Å². The minimum Gasteiger partial charge on any atom is -0.462 e. The Hall–Kier alpha value is -2.63. The van der Waals surface area contributed by atoms with Gasteiger partial charge in [0.1, 0.15) is 28.4 Å². The molecule has 0 atom stereocenters. The average molecular weight is 383 g/mol. The predicted molar refractivity (Wildman–Crippen MR) is 89.9 cm³/mol. The number of rotatable bonds is 5. The van der Waals surface area contributed by atoms with Gasteiger partial charge < -0.3 is 15.2 Å². The number of esters is 2. The van der Waals surface area contributed by atoms with Crippen molar-refractivity contribution < 1.29 is 23.5 Å². The number of nitrogens with zero attached hydrogens (tertiary/aromatic N) is 1. The van der Waals surface area contributed by atoms with E-state index < -0.39 is 24.4 Å². The van der Waals surface area contributed by atoms with Crippen molar-refractivity contribution in [3.63, 3.8) is 0 Å². The Balaban J connectivity index is 2.26. The Morgan fingerprint density at radius 3 is 2.68 bits per heavy atom. The summed E-state index contributed by atoms with van der Waals surface area (Å²) in [6, 6.07) is 5.36. The first kappa shape index (κ1) is 18.7. The van der Waals surface area contributed by atoms with Crippen molar-refractivity contribution in [2.45, 2.75) is 13.5 Å². The maximum absolute atomic E-state index is 13.8. The molecule has 0 radical (unpaired) electrons. The zero-order valence-electron chi connectivity index (χ0n) is 13.0. The van der Waals surface area contributed by atoms with Crippen LogP contribution in [0.3, 0.4) is 0 Å². The van der Waals surface area contributed by atoms with E-state index in [9.17, 15) is 19.2 Å². The zero-order chi connectivity index (χ0) is 18.6. The molecule has 0 aliphatic carbocycles. The molecule has 1 heterocycles. The fraction of sp³-hybridized carbons (Fsp3) is 0.188. The third kappa shape index (κ3) is 4.07. The molecule has 0 saturated carbocycles. The van der Waals surface area contributed by atoms with Crippen LogP contribution >= 0.6 is 22.9 Å². The van der Waals surface area contributed by atoms with Gasteiger partial charge in [0.25, 0.3) is 0 Å². The molecule has 2 rings (SSSR count). The number of anilines is 1. The van der Waals surface area contributed by atoms with Crippen molar-refractivity contribution in [2.24, 2.45) is 0 Å². The molecule has 1 aromatic carbocycles. The second-order valence-electron chi connectivity index (χ2n) is 4.68. The Bertz CT molecular complexity index is 876. The second-order valence-corrected chi connectivity index (χ2v) is 6.17. The van der Waals surface area contributed by atoms with Gasteiger partial charge in [-0.1, -0.05) is 11.6 Å². The molecule has 0 bridgehead atoms. The summed E-state index contributed by atoms with van der Waals surface area (Å²) < 4.78 is 23.7. The molecule has 6 nitrogen and oxygen atoms in total. The third-order valence-electron chi connectivity index (χ3n) is 3.11. The number of halogens is 2. The molecule has 0 spiro atoms. The standard InChI is InChI=1S/C16H12ClFN2O4S/c1-2-23-16(22)13-11(10(6-19)14(20)25-13)7-24-15(21)9-4-3-8(17)5-12(9)18/h3-5H,2,7,20H2,1H3. The highest BCUT2D eigenvalue weighted by Crippen LogP contribution is 2.32. The lowest BCUT2D eigenvalue weighted by molar-refractivity contribution is 0.0448. The highest BCUT2D eigenvalue weighted by atomic mass is 35.5. The van der Waals surface area contributed by atoms with E-state index in [1.807, 2.05) is 6.07 Å². The van der Waals surface area contributed by atoms with Gasteiger partial charge in [-0.25, -0.2) is 14.0 Å². The molecule has 0 unspecified atom stereocenters. The zero-order valence-corrected chi connectivity index (χ0v) is 14.5. The van der Waals surface area contributed by atoms with E-state index in [1.54, 1.807) is 6.92 Å². The van der Waals surface area contributed by atoms with Crippen LogP contribution in [-0.4, -0.2) is 18.5 Å². The minimum absolute atomic E-state index is 0.0254. The third-order valence-corrected chi connectivity index (χ3v) is 4.38. The van der Waals surface area contributed by atoms with E-state index in [1.165, 1.54) is 12.1 Å². The molecule has 0 amide bonds. The first-order valence-electron chi connectivity index (χ1n) is 6.99. The van der Waals surface area contributed by atoms with E-state index in [-0.39, 0.29) is 38.2 Å². The van der Waals surface area contributed by atoms with Gasteiger partial charge in [-0.05, 0) is 25.1 Å². The van der Waals surface area contributed by atoms with Gasteiger partial charge in [0.15, 0.2) is 0 Å². The predicted octanol–water partition coefficient (Wildman–Crippen LogP) is 3.53. The Morgan fingerprint density at radius 2 is 2.08 bits per heavy atom. The first-order valence-corrected chi connectivity index (χ1v) is 8.19. The van der Waals surface area contributed by atoms with Gasteiger partial charge in [0.2, 0.25) is 0 Å². The number of carbonyl (C=O) groups is 2. The lowest BCUT2D eigenvalue weighted by Crippen LogP contribution is -2.11. The first-order chi connectivity index (χ1) is 11.9. The SMILES string of the molecule is CCOC(=O)c1sc(N)c(C#N)c1COC(=O)c1ccc(Cl)cc1F. The number of nitrogen functional groups attached to an aromatic ring is 1. The van der Waals surface area contributed by atoms with Gasteiger partial charge in [-0.15, -0.1) is 11.3 Å². The highest BCUT2D eigenvalue weighted by Gasteiger charge is 2.24. The summed E-state index contributed by atoms with van der Waals surface area (Å²) in [6.45, 7) is 1.34. The van der Waals surface area contributed by atoms with Gasteiger partial charge >= 0.3 is 11.9 Å². The normalized spacial score (nSPS) is 10.2. The molecule has 1 aromatic heterocycles. The molecule has 0 aliphatic heterocycles. The van der Waals surface area contributed by atoms with E-state index in [2.05, 4.69) is 0 Å². The number of thiophene rings is 1. The van der Waals surface area contributed by atoms with Crippen LogP contribution in [-0.2, 0) is 16.1 Å². The van der Waals surface area contributed by atoms with Crippen LogP contribution in [0, 0.1) is 17.1 Å². The number of carbonyl (C=O) groups excluding carboxylic acids is 2. The number of hydrogen-bond donors (Lipinski definition) is 1. The summed E-state index contributed by atoms with van der Waals surface area (Å²) in [5, 5.41) is 9.43. The van der Waals surface area contributed by atoms with Gasteiger partial charge in [0, 0.05) is 10.6 Å². The minimum atomic E-state index is -0.961. The number of hydrogen-bond acceptors (Lipinski definition) is 7. The monoisotopic (exact) mass is 382 g/mol. The summed E-state index contributed by atoms with van der Waals surface area (Å²) in [6.07, 6.45) is 0. The van der Waals surface area contributed by atoms with Crippen LogP contribution in [0.15, 0.2) is 18.2 Å². The van der Waals surface area contributed by atoms with Crippen molar-refractivity contribution in [1.29, 1.82) is 5.26 Å². The second kappa shape index (κ2) is 7.96. The lowest BCUT2D eigenvalue weighted by Gasteiger charge is -2.07. The largest absolute Gasteiger partial charge is 0.462 e. The Labute approximate surface area is 151 Å². The van der Waals surface area contributed by atoms with Crippen molar-refractivity contribution in [3.05, 3.63) is 50.6 Å². The van der Waals surface area contributed by atoms with Gasteiger partial charge in [-0.2, -0.15) is 5.26 Å². The van der Waals surface area contributed by atoms with Crippen LogP contribution in [0.5, 0.6) is 0 Å². The molecule has 0 aliphatic rings. The van der Waals surface area contributed by atoms with Crippen molar-refractivity contribution in [3.8, 4) is 6.07 Å². The fourth-order valence-electron chi connectivity index (χ4n) is 1.98. The van der Waals surface area contributed by atoms with Crippen molar-refractivity contribution in [2.75, 3.05) is 12.3 Å². The molecule has 2 aromatic rings. The van der Waals surface area contributed by atoms with E-state index in [0.29, 0.717) is 0 Å². The maximum atomic E-state index is 13.8. The maximum Gasteiger partial charge on any atom is 0.348 e. The number of nitriles is 1. The van der Waals surface area contributed by atoms with Gasteiger partial charge in [0.05, 0.1) is 17.7 Å². The Morgan fingerprint density at radius 1 is 1.36 bits per heavy atom. The van der Waals surface area contributed by atoms with Crippen molar-refractivity contribution >= 4 is 39.9 Å². The lowest BCUT2D eigenvalue weighted by atomic mass is 10.1. The summed E-state index contributed by atoms with van der Waals surface area (Å²) in [7, 11) is 0. The van der Waals surface area contributed by atoms with Crippen LogP contribution in [0.25, 0.3) is 0 Å². The molecule has 25 heavy (non-hydrogen) atoms. The van der Waals surface area contributed by atoms with E-state index in [0.717, 1.165) is 17.4 Å². The molecular weight excluding hydrogens is 371 g/mol. The molecular formula is C16H12ClFN2O4S. The molecule has 9 heteroatoms. The summed E-state index contributed by atoms with van der Waals surface area (Å²) in [5.74, 6) is -2.48. The van der Waals surface area contributed by atoms with Crippen LogP contribution in [0.2, 0.25) is 5.02 Å². The smallest absolute Gasteiger partial charge is 0.348 e.